The van der Waals surface area contributed by atoms with E-state index in [1.54, 1.807) is 12.1 Å². The number of hydrogen-bond donors (Lipinski definition) is 4. The summed E-state index contributed by atoms with van der Waals surface area (Å²) in [6, 6.07) is 18.1. The number of hydrogen-bond acceptors (Lipinski definition) is 6. The number of aliphatic imine (C=N–C) groups is 1. The molecular weight excluding hydrogens is 372 g/mol. The predicted molar refractivity (Wildman–Crippen MR) is 108 cm³/mol. The summed E-state index contributed by atoms with van der Waals surface area (Å²) in [6.45, 7) is 0.232. The fourth-order valence-corrected chi connectivity index (χ4v) is 2.57. The molecule has 0 saturated heterocycles. The molecule has 0 heterocycles. The van der Waals surface area contributed by atoms with Crippen molar-refractivity contribution in [2.75, 3.05) is 0 Å². The molecule has 0 aliphatic carbocycles. The number of nitrogens with one attached hydrogen (secondary N) is 1. The van der Waals surface area contributed by atoms with Gasteiger partial charge in [-0.05, 0) is 42.0 Å². The average molecular weight is 392 g/mol. The molecule has 4 N–H and O–H groups in total. The van der Waals surface area contributed by atoms with Crippen LogP contribution in [0.15, 0.2) is 71.7 Å². The van der Waals surface area contributed by atoms with E-state index in [4.69, 9.17) is 4.84 Å². The minimum absolute atomic E-state index is 0.00261. The molecule has 0 aromatic heterocycles. The molecule has 0 atom stereocenters. The maximum Gasteiger partial charge on any atom is 0.248 e. The SMILES string of the molecule is O=C(Cc1cc(N=Cc2cc(O)ccc2O)ccc1O)NOCc1ccccc1. The largest absolute Gasteiger partial charge is 0.508 e. The summed E-state index contributed by atoms with van der Waals surface area (Å²) in [5.41, 5.74) is 4.45. The second kappa shape index (κ2) is 9.38. The number of rotatable bonds is 7. The van der Waals surface area contributed by atoms with Crippen LogP contribution < -0.4 is 5.48 Å². The van der Waals surface area contributed by atoms with Crippen molar-refractivity contribution in [2.45, 2.75) is 13.0 Å². The lowest BCUT2D eigenvalue weighted by Gasteiger charge is -2.08. The summed E-state index contributed by atoms with van der Waals surface area (Å²) >= 11 is 0. The molecule has 148 valence electrons. The molecule has 0 spiro atoms. The van der Waals surface area contributed by atoms with Gasteiger partial charge in [-0.2, -0.15) is 0 Å². The van der Waals surface area contributed by atoms with Gasteiger partial charge in [-0.1, -0.05) is 30.3 Å². The molecule has 0 radical (unpaired) electrons. The molecule has 0 bridgehead atoms. The number of nitrogens with zero attached hydrogens (tertiary/aromatic N) is 1. The van der Waals surface area contributed by atoms with E-state index in [0.717, 1.165) is 5.56 Å². The number of phenols is 3. The third kappa shape index (κ3) is 5.82. The summed E-state index contributed by atoms with van der Waals surface area (Å²) in [5.74, 6) is -0.478. The zero-order chi connectivity index (χ0) is 20.6. The van der Waals surface area contributed by atoms with Gasteiger partial charge < -0.3 is 15.3 Å². The Morgan fingerprint density at radius 2 is 1.72 bits per heavy atom. The molecule has 7 nitrogen and oxygen atoms in total. The first-order chi connectivity index (χ1) is 14.0. The molecule has 3 aromatic rings. The fraction of sp³-hybridized carbons (Fsp3) is 0.0909. The van der Waals surface area contributed by atoms with E-state index in [9.17, 15) is 20.1 Å². The zero-order valence-corrected chi connectivity index (χ0v) is 15.4. The van der Waals surface area contributed by atoms with Gasteiger partial charge in [-0.25, -0.2) is 5.48 Å². The number of carbonyl (C=O) groups is 1. The second-order valence-electron chi connectivity index (χ2n) is 6.29. The van der Waals surface area contributed by atoms with Crippen LogP contribution in [0.2, 0.25) is 0 Å². The van der Waals surface area contributed by atoms with Crippen LogP contribution in [0.4, 0.5) is 5.69 Å². The van der Waals surface area contributed by atoms with Crippen molar-refractivity contribution in [3.63, 3.8) is 0 Å². The highest BCUT2D eigenvalue weighted by Gasteiger charge is 2.09. The van der Waals surface area contributed by atoms with Crippen LogP contribution in [-0.2, 0) is 22.7 Å². The Morgan fingerprint density at radius 1 is 0.966 bits per heavy atom. The van der Waals surface area contributed by atoms with Gasteiger partial charge >= 0.3 is 0 Å². The minimum atomic E-state index is -0.414. The molecule has 3 aromatic carbocycles. The highest BCUT2D eigenvalue weighted by molar-refractivity contribution is 5.86. The first-order valence-corrected chi connectivity index (χ1v) is 8.84. The van der Waals surface area contributed by atoms with Crippen molar-refractivity contribution in [1.82, 2.24) is 5.48 Å². The van der Waals surface area contributed by atoms with Gasteiger partial charge in [-0.15, -0.1) is 0 Å². The van der Waals surface area contributed by atoms with Crippen LogP contribution in [-0.4, -0.2) is 27.4 Å². The molecule has 0 aliphatic heterocycles. The van der Waals surface area contributed by atoms with Crippen LogP contribution in [0.5, 0.6) is 17.2 Å². The van der Waals surface area contributed by atoms with Crippen LogP contribution in [0.1, 0.15) is 16.7 Å². The number of aromatic hydroxyl groups is 3. The molecule has 3 rings (SSSR count). The van der Waals surface area contributed by atoms with Gasteiger partial charge in [0, 0.05) is 17.3 Å². The van der Waals surface area contributed by atoms with Crippen LogP contribution in [0.25, 0.3) is 0 Å². The summed E-state index contributed by atoms with van der Waals surface area (Å²) in [7, 11) is 0. The van der Waals surface area contributed by atoms with Crippen molar-refractivity contribution in [3.8, 4) is 17.2 Å². The van der Waals surface area contributed by atoms with E-state index in [2.05, 4.69) is 10.5 Å². The maximum atomic E-state index is 12.1. The van der Waals surface area contributed by atoms with Crippen molar-refractivity contribution in [1.29, 1.82) is 0 Å². The Labute approximate surface area is 167 Å². The van der Waals surface area contributed by atoms with Gasteiger partial charge in [0.15, 0.2) is 0 Å². The van der Waals surface area contributed by atoms with Crippen LogP contribution in [0.3, 0.4) is 0 Å². The van der Waals surface area contributed by atoms with E-state index < -0.39 is 5.91 Å². The van der Waals surface area contributed by atoms with Crippen LogP contribution in [0, 0.1) is 0 Å². The summed E-state index contributed by atoms with van der Waals surface area (Å²) in [6.07, 6.45) is 1.29. The minimum Gasteiger partial charge on any atom is -0.508 e. The standard InChI is InChI=1S/C22H20N2O5/c25-19-7-9-21(27)17(11-19)13-23-18-6-8-20(26)16(10-18)12-22(28)24-29-14-15-4-2-1-3-5-15/h1-11,13,25-27H,12,14H2,(H,24,28). The Bertz CT molecular complexity index is 1020. The Kier molecular flexibility index (Phi) is 6.44. The van der Waals surface area contributed by atoms with Crippen molar-refractivity contribution < 1.29 is 25.0 Å². The molecule has 0 aliphatic rings. The predicted octanol–water partition coefficient (Wildman–Crippen LogP) is 3.34. The lowest BCUT2D eigenvalue weighted by atomic mass is 10.1. The van der Waals surface area contributed by atoms with Gasteiger partial charge in [-0.3, -0.25) is 14.6 Å². The first kappa shape index (κ1) is 19.9. The molecule has 0 saturated carbocycles. The molecule has 0 unspecified atom stereocenters. The number of phenolic OH excluding ortho intramolecular Hbond substituents is 3. The number of benzene rings is 3. The second-order valence-corrected chi connectivity index (χ2v) is 6.29. The average Bonchev–Trinajstić information content (AvgIpc) is 2.71. The Morgan fingerprint density at radius 3 is 2.52 bits per heavy atom. The highest BCUT2D eigenvalue weighted by Crippen LogP contribution is 2.25. The molecule has 29 heavy (non-hydrogen) atoms. The van der Waals surface area contributed by atoms with Crippen LogP contribution >= 0.6 is 0 Å². The number of amides is 1. The highest BCUT2D eigenvalue weighted by atomic mass is 16.6. The van der Waals surface area contributed by atoms with E-state index in [1.807, 2.05) is 30.3 Å². The Hall–Kier alpha value is -3.84. The van der Waals surface area contributed by atoms with Crippen molar-refractivity contribution in [3.05, 3.63) is 83.4 Å². The van der Waals surface area contributed by atoms with E-state index >= 15 is 0 Å². The lowest BCUT2D eigenvalue weighted by Crippen LogP contribution is -2.25. The molecule has 0 fully saturated rings. The monoisotopic (exact) mass is 392 g/mol. The third-order valence-electron chi connectivity index (χ3n) is 4.05. The smallest absolute Gasteiger partial charge is 0.248 e. The van der Waals surface area contributed by atoms with Gasteiger partial charge in [0.05, 0.1) is 18.7 Å². The van der Waals surface area contributed by atoms with E-state index in [-0.39, 0.29) is 30.3 Å². The summed E-state index contributed by atoms with van der Waals surface area (Å²) in [4.78, 5) is 21.5. The molecule has 7 heteroatoms. The van der Waals surface area contributed by atoms with Gasteiger partial charge in [0.2, 0.25) is 5.91 Å². The Balaban J connectivity index is 1.61. The first-order valence-electron chi connectivity index (χ1n) is 8.84. The number of carbonyl (C=O) groups excluding carboxylic acids is 1. The molecule has 1 amide bonds. The van der Waals surface area contributed by atoms with E-state index in [1.165, 1.54) is 30.5 Å². The normalized spacial score (nSPS) is 10.9. The lowest BCUT2D eigenvalue weighted by molar-refractivity contribution is -0.133. The quantitative estimate of drug-likeness (QED) is 0.280. The summed E-state index contributed by atoms with van der Waals surface area (Å²) < 4.78 is 0. The number of hydroxylamine groups is 1. The summed E-state index contributed by atoms with van der Waals surface area (Å²) in [5, 5.41) is 29.3. The fourth-order valence-electron chi connectivity index (χ4n) is 2.57. The van der Waals surface area contributed by atoms with E-state index in [0.29, 0.717) is 16.8 Å². The topological polar surface area (TPSA) is 111 Å². The van der Waals surface area contributed by atoms with Gasteiger partial charge in [0.1, 0.15) is 17.2 Å². The maximum absolute atomic E-state index is 12.1. The third-order valence-corrected chi connectivity index (χ3v) is 4.05. The van der Waals surface area contributed by atoms with Crippen molar-refractivity contribution >= 4 is 17.8 Å². The van der Waals surface area contributed by atoms with Gasteiger partial charge in [0.25, 0.3) is 0 Å². The zero-order valence-electron chi connectivity index (χ0n) is 15.4. The molecular formula is C22H20N2O5. The van der Waals surface area contributed by atoms with Crippen molar-refractivity contribution in [2.24, 2.45) is 4.99 Å².